The molecular formula is C5H8F3N3O2. The second kappa shape index (κ2) is 3.97. The Kier molecular flexibility index (Phi) is 3.52. The van der Waals surface area contributed by atoms with Crippen molar-refractivity contribution in [3.05, 3.63) is 0 Å². The van der Waals surface area contributed by atoms with Crippen LogP contribution >= 0.6 is 0 Å². The summed E-state index contributed by atoms with van der Waals surface area (Å²) in [5.41, 5.74) is 4.64. The van der Waals surface area contributed by atoms with Gasteiger partial charge in [-0.25, -0.2) is 0 Å². The van der Waals surface area contributed by atoms with Gasteiger partial charge in [-0.1, -0.05) is 0 Å². The van der Waals surface area contributed by atoms with E-state index < -0.39 is 30.6 Å². The van der Waals surface area contributed by atoms with E-state index >= 15 is 0 Å². The number of carbonyl (C=O) groups is 1. The van der Waals surface area contributed by atoms with Crippen LogP contribution in [0.15, 0.2) is 0 Å². The van der Waals surface area contributed by atoms with E-state index in [0.717, 1.165) is 0 Å². The highest BCUT2D eigenvalue weighted by molar-refractivity contribution is 5.76. The van der Waals surface area contributed by atoms with E-state index in [0.29, 0.717) is 0 Å². The highest BCUT2D eigenvalue weighted by atomic mass is 19.4. The van der Waals surface area contributed by atoms with Gasteiger partial charge in [-0.15, -0.1) is 0 Å². The number of halogens is 3. The Morgan fingerprint density at radius 1 is 1.62 bits per heavy atom. The molecule has 0 amide bonds. The van der Waals surface area contributed by atoms with Crippen molar-refractivity contribution < 1.29 is 23.1 Å². The quantitative estimate of drug-likeness (QED) is 0.376. The molecule has 8 heteroatoms. The summed E-state index contributed by atoms with van der Waals surface area (Å²) in [7, 11) is 0. The Balaban J connectivity index is 4.37. The molecule has 0 rings (SSSR count). The van der Waals surface area contributed by atoms with Gasteiger partial charge in [0.05, 0.1) is 6.42 Å². The predicted octanol–water partition coefficient (Wildman–Crippen LogP) is -0.125. The maximum atomic E-state index is 12.0. The van der Waals surface area contributed by atoms with Crippen LogP contribution < -0.4 is 11.1 Å². The van der Waals surface area contributed by atoms with Crippen LogP contribution in [0.25, 0.3) is 0 Å². The first kappa shape index (κ1) is 11.5. The van der Waals surface area contributed by atoms with Crippen molar-refractivity contribution in [1.29, 1.82) is 5.41 Å². The summed E-state index contributed by atoms with van der Waals surface area (Å²) in [6.07, 6.45) is -5.90. The maximum absolute atomic E-state index is 12.0. The molecule has 1 unspecified atom stereocenters. The highest BCUT2D eigenvalue weighted by Gasteiger charge is 2.41. The van der Waals surface area contributed by atoms with Crippen molar-refractivity contribution in [2.45, 2.75) is 18.6 Å². The van der Waals surface area contributed by atoms with Crippen LogP contribution in [-0.2, 0) is 4.79 Å². The highest BCUT2D eigenvalue weighted by Crippen LogP contribution is 2.22. The van der Waals surface area contributed by atoms with E-state index in [2.05, 4.69) is 5.73 Å². The lowest BCUT2D eigenvalue weighted by Gasteiger charge is -2.19. The number of guanidine groups is 1. The van der Waals surface area contributed by atoms with E-state index in [9.17, 15) is 18.0 Å². The zero-order valence-electron chi connectivity index (χ0n) is 6.35. The zero-order valence-corrected chi connectivity index (χ0v) is 6.35. The first-order valence-corrected chi connectivity index (χ1v) is 3.12. The van der Waals surface area contributed by atoms with Gasteiger partial charge in [-0.3, -0.25) is 10.2 Å². The summed E-state index contributed by atoms with van der Waals surface area (Å²) < 4.78 is 35.9. The fraction of sp³-hybridized carbons (Fsp3) is 0.600. The minimum atomic E-state index is -4.73. The van der Waals surface area contributed by atoms with Gasteiger partial charge in [-0.05, 0) is 0 Å². The van der Waals surface area contributed by atoms with Crippen LogP contribution in [0.4, 0.5) is 13.2 Å². The second-order valence-corrected chi connectivity index (χ2v) is 2.25. The number of alkyl halides is 3. The summed E-state index contributed by atoms with van der Waals surface area (Å²) in [4.78, 5) is 9.99. The average Bonchev–Trinajstić information content (AvgIpc) is 1.81. The Morgan fingerprint density at radius 3 is 2.31 bits per heavy atom. The Hall–Kier alpha value is -1.47. The fourth-order valence-electron chi connectivity index (χ4n) is 0.611. The van der Waals surface area contributed by atoms with Crippen molar-refractivity contribution in [3.8, 4) is 0 Å². The van der Waals surface area contributed by atoms with Gasteiger partial charge in [0.25, 0.3) is 0 Å². The Labute approximate surface area is 71.2 Å². The molecule has 0 aliphatic rings. The van der Waals surface area contributed by atoms with Gasteiger partial charge in [0.1, 0.15) is 6.04 Å². The maximum Gasteiger partial charge on any atom is 0.409 e. The standard InChI is InChI=1S/C5H8F3N3O2/c6-5(7,8)2(1-3(12)13)11-4(9)10/h2H,1H2,(H,12,13)(H4,9,10,11). The average molecular weight is 199 g/mol. The number of carboxylic acids is 1. The molecular weight excluding hydrogens is 191 g/mol. The van der Waals surface area contributed by atoms with Crippen molar-refractivity contribution in [1.82, 2.24) is 5.32 Å². The largest absolute Gasteiger partial charge is 0.481 e. The smallest absolute Gasteiger partial charge is 0.409 e. The predicted molar refractivity (Wildman–Crippen MR) is 37.1 cm³/mol. The third kappa shape index (κ3) is 4.88. The molecule has 76 valence electrons. The molecule has 0 aromatic heterocycles. The molecule has 0 saturated heterocycles. The molecule has 0 fully saturated rings. The van der Waals surface area contributed by atoms with E-state index in [1.165, 1.54) is 5.32 Å². The Morgan fingerprint density at radius 2 is 2.08 bits per heavy atom. The summed E-state index contributed by atoms with van der Waals surface area (Å²) in [5, 5.41) is 16.1. The van der Waals surface area contributed by atoms with Crippen LogP contribution in [0.3, 0.4) is 0 Å². The van der Waals surface area contributed by atoms with Crippen LogP contribution in [0, 0.1) is 5.41 Å². The van der Waals surface area contributed by atoms with Crippen LogP contribution in [0.1, 0.15) is 6.42 Å². The number of hydrogen-bond acceptors (Lipinski definition) is 2. The minimum Gasteiger partial charge on any atom is -0.481 e. The summed E-state index contributed by atoms with van der Waals surface area (Å²) in [5.74, 6) is -2.53. The lowest BCUT2D eigenvalue weighted by atomic mass is 10.2. The first-order valence-electron chi connectivity index (χ1n) is 3.12. The molecule has 0 aliphatic heterocycles. The summed E-state index contributed by atoms with van der Waals surface area (Å²) in [6, 6.07) is -2.32. The SMILES string of the molecule is N=C(N)NC(CC(=O)O)C(F)(F)F. The van der Waals surface area contributed by atoms with Crippen molar-refractivity contribution in [2.24, 2.45) is 5.73 Å². The molecule has 0 spiro atoms. The summed E-state index contributed by atoms with van der Waals surface area (Å²) >= 11 is 0. The molecule has 0 radical (unpaired) electrons. The van der Waals surface area contributed by atoms with Crippen molar-refractivity contribution >= 4 is 11.9 Å². The molecule has 13 heavy (non-hydrogen) atoms. The number of nitrogens with two attached hydrogens (primary N) is 1. The monoisotopic (exact) mass is 199 g/mol. The van der Waals surface area contributed by atoms with Gasteiger partial charge in [0.2, 0.25) is 0 Å². The van der Waals surface area contributed by atoms with Gasteiger partial charge < -0.3 is 16.2 Å². The molecule has 0 aromatic carbocycles. The lowest BCUT2D eigenvalue weighted by Crippen LogP contribution is -2.48. The normalized spacial score (nSPS) is 13.5. The minimum absolute atomic E-state index is 0.913. The second-order valence-electron chi connectivity index (χ2n) is 2.25. The molecule has 0 bridgehead atoms. The molecule has 5 nitrogen and oxygen atoms in total. The van der Waals surface area contributed by atoms with Gasteiger partial charge in [0, 0.05) is 0 Å². The molecule has 1 atom stereocenters. The zero-order chi connectivity index (χ0) is 10.6. The molecule has 0 saturated carbocycles. The van der Waals surface area contributed by atoms with Gasteiger partial charge >= 0.3 is 12.1 Å². The fourth-order valence-corrected chi connectivity index (χ4v) is 0.611. The van der Waals surface area contributed by atoms with E-state index in [-0.39, 0.29) is 0 Å². The third-order valence-electron chi connectivity index (χ3n) is 1.10. The van der Waals surface area contributed by atoms with E-state index in [4.69, 9.17) is 10.5 Å². The molecule has 0 heterocycles. The molecule has 0 aromatic rings. The van der Waals surface area contributed by atoms with Crippen LogP contribution in [0.5, 0.6) is 0 Å². The molecule has 5 N–H and O–H groups in total. The number of nitrogens with one attached hydrogen (secondary N) is 2. The topological polar surface area (TPSA) is 99.2 Å². The number of hydrogen-bond donors (Lipinski definition) is 4. The number of rotatable bonds is 3. The van der Waals surface area contributed by atoms with Gasteiger partial charge in [-0.2, -0.15) is 13.2 Å². The third-order valence-corrected chi connectivity index (χ3v) is 1.10. The van der Waals surface area contributed by atoms with Crippen LogP contribution in [-0.4, -0.2) is 29.3 Å². The number of carboxylic acid groups (broad SMARTS) is 1. The Bertz CT molecular complexity index is 200. The van der Waals surface area contributed by atoms with Crippen molar-refractivity contribution in [2.75, 3.05) is 0 Å². The summed E-state index contributed by atoms with van der Waals surface area (Å²) in [6.45, 7) is 0. The van der Waals surface area contributed by atoms with E-state index in [1.807, 2.05) is 0 Å². The molecule has 0 aliphatic carbocycles. The van der Waals surface area contributed by atoms with Crippen LogP contribution in [0.2, 0.25) is 0 Å². The number of aliphatic carboxylic acids is 1. The lowest BCUT2D eigenvalue weighted by molar-refractivity contribution is -0.164. The van der Waals surface area contributed by atoms with E-state index in [1.54, 1.807) is 0 Å². The first-order chi connectivity index (χ1) is 5.73. The van der Waals surface area contributed by atoms with Gasteiger partial charge in [0.15, 0.2) is 5.96 Å². The van der Waals surface area contributed by atoms with Crippen molar-refractivity contribution in [3.63, 3.8) is 0 Å².